The van der Waals surface area contributed by atoms with E-state index in [0.717, 1.165) is 28.7 Å². The van der Waals surface area contributed by atoms with Crippen molar-refractivity contribution in [1.29, 1.82) is 0 Å². The molecule has 3 N–H and O–H groups in total. The fraction of sp³-hybridized carbons (Fsp3) is 0.412. The van der Waals surface area contributed by atoms with Gasteiger partial charge in [-0.2, -0.15) is 0 Å². The molecule has 0 bridgehead atoms. The number of nitrogens with zero attached hydrogens (tertiary/aromatic N) is 1. The molecule has 1 fully saturated rings. The molecule has 0 radical (unpaired) electrons. The Labute approximate surface area is 130 Å². The Morgan fingerprint density at radius 3 is 2.76 bits per heavy atom. The molecule has 4 heteroatoms. The molecule has 0 unspecified atom stereocenters. The number of anilines is 1. The number of para-hydroxylation sites is 1. The zero-order chi connectivity index (χ0) is 14.9. The van der Waals surface area contributed by atoms with E-state index in [9.17, 15) is 0 Å². The predicted octanol–water partition coefficient (Wildman–Crippen LogP) is 3.86. The maximum Gasteiger partial charge on any atom is 0.107 e. The Hall–Kier alpha value is -1.68. The summed E-state index contributed by atoms with van der Waals surface area (Å²) >= 11 is 5.19. The number of nitrogens with two attached hydrogens (primary N) is 1. The largest absolute Gasteiger partial charge is 0.389 e. The zero-order valence-electron chi connectivity index (χ0n) is 12.4. The van der Waals surface area contributed by atoms with Gasteiger partial charge in [-0.15, -0.1) is 0 Å². The SMILES string of the molecule is CCC1(CNc2c(C(N)=S)cnc3ccccc23)CCC1. The molecule has 0 atom stereocenters. The van der Waals surface area contributed by atoms with E-state index in [-0.39, 0.29) is 0 Å². The first kappa shape index (κ1) is 14.3. The first-order chi connectivity index (χ1) is 10.2. The number of pyridine rings is 1. The van der Waals surface area contributed by atoms with Crippen molar-refractivity contribution in [3.05, 3.63) is 36.0 Å². The third-order valence-electron chi connectivity index (χ3n) is 4.85. The van der Waals surface area contributed by atoms with Gasteiger partial charge in [-0.3, -0.25) is 4.98 Å². The van der Waals surface area contributed by atoms with Crippen molar-refractivity contribution < 1.29 is 0 Å². The molecular formula is C17H21N3S. The number of rotatable bonds is 5. The smallest absolute Gasteiger partial charge is 0.107 e. The van der Waals surface area contributed by atoms with Gasteiger partial charge in [-0.25, -0.2) is 0 Å². The average Bonchev–Trinajstić information content (AvgIpc) is 2.46. The highest BCUT2D eigenvalue weighted by Gasteiger charge is 2.35. The van der Waals surface area contributed by atoms with Gasteiger partial charge in [-0.05, 0) is 30.7 Å². The van der Waals surface area contributed by atoms with Crippen molar-refractivity contribution in [3.63, 3.8) is 0 Å². The quantitative estimate of drug-likeness (QED) is 0.823. The lowest BCUT2D eigenvalue weighted by Gasteiger charge is -2.41. The standard InChI is InChI=1S/C17H21N3S/c1-2-17(8-5-9-17)11-20-15-12-6-3-4-7-14(12)19-10-13(15)16(18)21/h3-4,6-7,10H,2,5,8-9,11H2,1H3,(H2,18,21)(H,19,20). The van der Waals surface area contributed by atoms with E-state index in [4.69, 9.17) is 18.0 Å². The van der Waals surface area contributed by atoms with Gasteiger partial charge in [0.15, 0.2) is 0 Å². The molecule has 1 saturated carbocycles. The lowest BCUT2D eigenvalue weighted by molar-refractivity contribution is 0.145. The molecule has 3 nitrogen and oxygen atoms in total. The number of hydrogen-bond donors (Lipinski definition) is 2. The molecule has 1 aromatic carbocycles. The molecule has 0 amide bonds. The van der Waals surface area contributed by atoms with Gasteiger partial charge < -0.3 is 11.1 Å². The summed E-state index contributed by atoms with van der Waals surface area (Å²) < 4.78 is 0. The third kappa shape index (κ3) is 2.60. The van der Waals surface area contributed by atoms with Crippen LogP contribution in [0.25, 0.3) is 10.9 Å². The average molecular weight is 299 g/mol. The van der Waals surface area contributed by atoms with E-state index < -0.39 is 0 Å². The number of nitrogens with one attached hydrogen (secondary N) is 1. The van der Waals surface area contributed by atoms with Crippen molar-refractivity contribution in [2.45, 2.75) is 32.6 Å². The minimum absolute atomic E-state index is 0.398. The normalized spacial score (nSPS) is 16.4. The number of thiocarbonyl (C=S) groups is 1. The lowest BCUT2D eigenvalue weighted by atomic mass is 9.67. The second-order valence-electron chi connectivity index (χ2n) is 5.99. The highest BCUT2D eigenvalue weighted by molar-refractivity contribution is 7.80. The van der Waals surface area contributed by atoms with Crippen LogP contribution in [0.5, 0.6) is 0 Å². The first-order valence-corrected chi connectivity index (χ1v) is 7.97. The van der Waals surface area contributed by atoms with Crippen molar-refractivity contribution in [2.75, 3.05) is 11.9 Å². The van der Waals surface area contributed by atoms with Crippen LogP contribution < -0.4 is 11.1 Å². The maximum atomic E-state index is 5.88. The minimum Gasteiger partial charge on any atom is -0.389 e. The van der Waals surface area contributed by atoms with Gasteiger partial charge in [0.05, 0.1) is 16.8 Å². The highest BCUT2D eigenvalue weighted by Crippen LogP contribution is 2.44. The second-order valence-corrected chi connectivity index (χ2v) is 6.43. The van der Waals surface area contributed by atoms with Crippen molar-refractivity contribution in [2.24, 2.45) is 11.1 Å². The molecule has 1 aromatic heterocycles. The van der Waals surface area contributed by atoms with E-state index >= 15 is 0 Å². The fourth-order valence-electron chi connectivity index (χ4n) is 3.13. The van der Waals surface area contributed by atoms with E-state index in [1.165, 1.54) is 25.7 Å². The van der Waals surface area contributed by atoms with Crippen LogP contribution in [-0.2, 0) is 0 Å². The highest BCUT2D eigenvalue weighted by atomic mass is 32.1. The topological polar surface area (TPSA) is 50.9 Å². The summed E-state index contributed by atoms with van der Waals surface area (Å²) in [5.41, 5.74) is 9.17. The third-order valence-corrected chi connectivity index (χ3v) is 5.07. The van der Waals surface area contributed by atoms with Gasteiger partial charge in [0.2, 0.25) is 0 Å². The summed E-state index contributed by atoms with van der Waals surface area (Å²) in [7, 11) is 0. The number of fused-ring (bicyclic) bond motifs is 1. The second kappa shape index (κ2) is 5.60. The number of benzene rings is 1. The van der Waals surface area contributed by atoms with E-state index in [1.807, 2.05) is 18.2 Å². The monoisotopic (exact) mass is 299 g/mol. The molecular weight excluding hydrogens is 278 g/mol. The summed E-state index contributed by atoms with van der Waals surface area (Å²) in [6, 6.07) is 8.12. The zero-order valence-corrected chi connectivity index (χ0v) is 13.2. The van der Waals surface area contributed by atoms with Crippen molar-refractivity contribution in [3.8, 4) is 0 Å². The molecule has 1 heterocycles. The molecule has 110 valence electrons. The molecule has 1 aliphatic carbocycles. The molecule has 2 aromatic rings. The van der Waals surface area contributed by atoms with Gasteiger partial charge in [-0.1, -0.05) is 43.8 Å². The minimum atomic E-state index is 0.398. The molecule has 0 saturated heterocycles. The van der Waals surface area contributed by atoms with Crippen LogP contribution in [-0.4, -0.2) is 16.5 Å². The van der Waals surface area contributed by atoms with E-state index in [0.29, 0.717) is 10.4 Å². The Balaban J connectivity index is 1.98. The number of hydrogen-bond acceptors (Lipinski definition) is 3. The summed E-state index contributed by atoms with van der Waals surface area (Å²) in [4.78, 5) is 4.85. The van der Waals surface area contributed by atoms with Gasteiger partial charge in [0.1, 0.15) is 4.99 Å². The van der Waals surface area contributed by atoms with Gasteiger partial charge in [0, 0.05) is 18.1 Å². The Kier molecular flexibility index (Phi) is 3.81. The molecule has 0 spiro atoms. The Morgan fingerprint density at radius 2 is 2.14 bits per heavy atom. The summed E-state index contributed by atoms with van der Waals surface area (Å²) in [6.07, 6.45) is 6.95. The van der Waals surface area contributed by atoms with Crippen LogP contribution in [0.1, 0.15) is 38.2 Å². The van der Waals surface area contributed by atoms with E-state index in [2.05, 4.69) is 23.3 Å². The molecule has 3 rings (SSSR count). The van der Waals surface area contributed by atoms with Gasteiger partial charge in [0.25, 0.3) is 0 Å². The molecule has 21 heavy (non-hydrogen) atoms. The van der Waals surface area contributed by atoms with Crippen LogP contribution in [0, 0.1) is 5.41 Å². The summed E-state index contributed by atoms with van der Waals surface area (Å²) in [6.45, 7) is 3.26. The van der Waals surface area contributed by atoms with Crippen LogP contribution in [0.15, 0.2) is 30.5 Å². The van der Waals surface area contributed by atoms with Gasteiger partial charge >= 0.3 is 0 Å². The maximum absolute atomic E-state index is 5.88. The van der Waals surface area contributed by atoms with Crippen molar-refractivity contribution in [1.82, 2.24) is 4.98 Å². The fourth-order valence-corrected chi connectivity index (χ4v) is 3.28. The van der Waals surface area contributed by atoms with Crippen LogP contribution >= 0.6 is 12.2 Å². The molecule has 1 aliphatic rings. The Morgan fingerprint density at radius 1 is 1.38 bits per heavy atom. The van der Waals surface area contributed by atoms with E-state index in [1.54, 1.807) is 6.20 Å². The number of aromatic nitrogens is 1. The summed E-state index contributed by atoms with van der Waals surface area (Å²) in [5.74, 6) is 0. The first-order valence-electron chi connectivity index (χ1n) is 7.57. The Bertz CT molecular complexity index is 671. The lowest BCUT2D eigenvalue weighted by Crippen LogP contribution is -2.36. The van der Waals surface area contributed by atoms with Crippen molar-refractivity contribution >= 4 is 33.8 Å². The molecule has 0 aliphatic heterocycles. The predicted molar refractivity (Wildman–Crippen MR) is 92.7 cm³/mol. The van der Waals surface area contributed by atoms with Crippen LogP contribution in [0.4, 0.5) is 5.69 Å². The summed E-state index contributed by atoms with van der Waals surface area (Å²) in [5, 5.41) is 4.71. The van der Waals surface area contributed by atoms with Crippen LogP contribution in [0.3, 0.4) is 0 Å². The van der Waals surface area contributed by atoms with Crippen LogP contribution in [0.2, 0.25) is 0 Å².